The monoisotopic (exact) mass is 576 g/mol. The van der Waals surface area contributed by atoms with Gasteiger partial charge in [-0.3, -0.25) is 0 Å². The molecule has 4 saturated heterocycles. The second-order valence-corrected chi connectivity index (χ2v) is 10.7. The van der Waals surface area contributed by atoms with Gasteiger partial charge in [-0.1, -0.05) is 6.42 Å². The molecule has 1 aliphatic carbocycles. The summed E-state index contributed by atoms with van der Waals surface area (Å²) in [6, 6.07) is 6.87. The summed E-state index contributed by atoms with van der Waals surface area (Å²) in [7, 11) is 4.10. The van der Waals surface area contributed by atoms with Gasteiger partial charge in [-0.25, -0.2) is 14.2 Å². The van der Waals surface area contributed by atoms with E-state index in [4.69, 9.17) is 19.2 Å². The number of benzene rings is 1. The van der Waals surface area contributed by atoms with Crippen molar-refractivity contribution in [2.45, 2.75) is 63.1 Å². The molecule has 0 amide bonds. The SMILES string of the molecule is CO[C@H]1O[C@@]2(C)CC[C@H]3CCC[C@@H](CC[N+]4(C)CCN(c5ccc(F)cc5)CC4)[C@]31OO2.[I-]. The van der Waals surface area contributed by atoms with Gasteiger partial charge in [0, 0.05) is 31.6 Å². The quantitative estimate of drug-likeness (QED) is 0.299. The molecule has 5 atom stereocenters. The van der Waals surface area contributed by atoms with E-state index < -0.39 is 11.4 Å². The van der Waals surface area contributed by atoms with Gasteiger partial charge in [0.1, 0.15) is 5.82 Å². The molecule has 1 spiro atoms. The Bertz CT molecular complexity index is 806. The number of rotatable bonds is 5. The van der Waals surface area contributed by atoms with Crippen molar-refractivity contribution in [1.82, 2.24) is 0 Å². The zero-order chi connectivity index (χ0) is 22.4. The molecule has 1 aromatic carbocycles. The summed E-state index contributed by atoms with van der Waals surface area (Å²) in [5.41, 5.74) is 0.610. The van der Waals surface area contributed by atoms with Gasteiger partial charge < -0.3 is 42.8 Å². The molecule has 0 radical (unpaired) electrons. The summed E-state index contributed by atoms with van der Waals surface area (Å²) in [5.74, 6) is -0.110. The highest BCUT2D eigenvalue weighted by molar-refractivity contribution is 5.46. The molecule has 0 N–H and O–H groups in total. The van der Waals surface area contributed by atoms with Gasteiger partial charge in [0.15, 0.2) is 11.9 Å². The Morgan fingerprint density at radius 1 is 1.12 bits per heavy atom. The molecule has 1 aromatic rings. The van der Waals surface area contributed by atoms with Crippen molar-refractivity contribution in [3.8, 4) is 0 Å². The molecular weight excluding hydrogens is 538 g/mol. The number of methoxy groups -OCH3 is 1. The van der Waals surface area contributed by atoms with Gasteiger partial charge in [-0.15, -0.1) is 0 Å². The zero-order valence-corrected chi connectivity index (χ0v) is 22.3. The molecule has 33 heavy (non-hydrogen) atoms. The van der Waals surface area contributed by atoms with Crippen LogP contribution in [-0.4, -0.2) is 69.0 Å². The Morgan fingerprint density at radius 3 is 2.55 bits per heavy atom. The fourth-order valence-electron chi connectivity index (χ4n) is 6.51. The number of quaternary nitrogens is 1. The number of nitrogens with zero attached hydrogens (tertiary/aromatic N) is 2. The van der Waals surface area contributed by atoms with Crippen LogP contribution in [0.4, 0.5) is 10.1 Å². The maximum Gasteiger partial charge on any atom is 0.201 e. The second-order valence-electron chi connectivity index (χ2n) is 10.7. The minimum Gasteiger partial charge on any atom is -1.00 e. The molecule has 5 fully saturated rings. The van der Waals surface area contributed by atoms with Crippen LogP contribution in [0.1, 0.15) is 45.4 Å². The number of hydrogen-bond acceptors (Lipinski definition) is 5. The van der Waals surface area contributed by atoms with Crippen molar-refractivity contribution in [3.05, 3.63) is 30.1 Å². The molecule has 1 saturated carbocycles. The Hall–Kier alpha value is -0.520. The van der Waals surface area contributed by atoms with Crippen LogP contribution in [0.15, 0.2) is 24.3 Å². The summed E-state index contributed by atoms with van der Waals surface area (Å²) in [4.78, 5) is 14.5. The largest absolute Gasteiger partial charge is 1.00 e. The first-order valence-corrected chi connectivity index (χ1v) is 12.3. The number of likely N-dealkylation sites (N-methyl/N-ethyl adjacent to an activating group) is 1. The van der Waals surface area contributed by atoms with E-state index in [2.05, 4.69) is 11.9 Å². The first-order chi connectivity index (χ1) is 15.4. The van der Waals surface area contributed by atoms with Gasteiger partial charge in [-0.05, 0) is 56.4 Å². The molecule has 0 aromatic heterocycles. The summed E-state index contributed by atoms with van der Waals surface area (Å²) in [6.07, 6.45) is 6.12. The lowest BCUT2D eigenvalue weighted by Gasteiger charge is -2.53. The second kappa shape index (κ2) is 9.85. The molecule has 5 aliphatic rings. The molecule has 4 aliphatic heterocycles. The smallest absolute Gasteiger partial charge is 0.201 e. The average molecular weight is 576 g/mol. The summed E-state index contributed by atoms with van der Waals surface area (Å²) in [5, 5.41) is 0. The number of ether oxygens (including phenoxy) is 2. The van der Waals surface area contributed by atoms with E-state index >= 15 is 0 Å². The normalized spacial score (nSPS) is 37.7. The predicted molar refractivity (Wildman–Crippen MR) is 119 cm³/mol. The first kappa shape index (κ1) is 25.6. The van der Waals surface area contributed by atoms with Crippen LogP contribution in [0.2, 0.25) is 0 Å². The maximum absolute atomic E-state index is 13.3. The number of piperazine rings is 1. The van der Waals surface area contributed by atoms with Crippen LogP contribution in [0.25, 0.3) is 0 Å². The number of anilines is 1. The number of hydrogen-bond donors (Lipinski definition) is 0. The van der Waals surface area contributed by atoms with Crippen molar-refractivity contribution >= 4 is 5.69 Å². The first-order valence-electron chi connectivity index (χ1n) is 12.3. The van der Waals surface area contributed by atoms with Gasteiger partial charge in [0.05, 0.1) is 39.8 Å². The van der Waals surface area contributed by atoms with Gasteiger partial charge >= 0.3 is 0 Å². The van der Waals surface area contributed by atoms with Crippen molar-refractivity contribution in [2.24, 2.45) is 11.8 Å². The number of fused-ring (bicyclic) bond motifs is 3. The van der Waals surface area contributed by atoms with E-state index in [0.717, 1.165) is 75.0 Å². The molecule has 8 heteroatoms. The van der Waals surface area contributed by atoms with Gasteiger partial charge in [-0.2, -0.15) is 0 Å². The van der Waals surface area contributed by atoms with E-state index in [1.165, 1.54) is 6.42 Å². The molecule has 4 heterocycles. The van der Waals surface area contributed by atoms with Crippen molar-refractivity contribution in [1.29, 1.82) is 0 Å². The van der Waals surface area contributed by atoms with Crippen molar-refractivity contribution in [3.63, 3.8) is 0 Å². The lowest BCUT2D eigenvalue weighted by molar-refractivity contribution is -0.910. The zero-order valence-electron chi connectivity index (χ0n) is 20.1. The van der Waals surface area contributed by atoms with Crippen molar-refractivity contribution < 1.29 is 52.1 Å². The minimum atomic E-state index is -0.705. The molecule has 186 valence electrons. The summed E-state index contributed by atoms with van der Waals surface area (Å²) < 4.78 is 26.5. The fraction of sp³-hybridized carbons (Fsp3) is 0.760. The van der Waals surface area contributed by atoms with Crippen molar-refractivity contribution in [2.75, 3.05) is 51.8 Å². The lowest BCUT2D eigenvalue weighted by Crippen LogP contribution is -3.00. The molecule has 2 bridgehead atoms. The topological polar surface area (TPSA) is 40.2 Å². The third-order valence-electron chi connectivity index (χ3n) is 8.66. The summed E-state index contributed by atoms with van der Waals surface area (Å²) >= 11 is 0. The predicted octanol–water partition coefficient (Wildman–Crippen LogP) is 1.10. The van der Waals surface area contributed by atoms with Gasteiger partial charge in [0.25, 0.3) is 0 Å². The lowest BCUT2D eigenvalue weighted by atomic mass is 9.65. The Morgan fingerprint density at radius 2 is 1.85 bits per heavy atom. The third kappa shape index (κ3) is 4.80. The Labute approximate surface area is 214 Å². The van der Waals surface area contributed by atoms with E-state index in [0.29, 0.717) is 11.8 Å². The van der Waals surface area contributed by atoms with E-state index in [1.54, 1.807) is 19.2 Å². The Kier molecular flexibility index (Phi) is 7.63. The minimum absolute atomic E-state index is 0. The Balaban J connectivity index is 0.00000259. The molecule has 6 nitrogen and oxygen atoms in total. The average Bonchev–Trinajstić information content (AvgIpc) is 3.03. The van der Waals surface area contributed by atoms with Crippen LogP contribution in [0.5, 0.6) is 0 Å². The van der Waals surface area contributed by atoms with Crippen LogP contribution in [0.3, 0.4) is 0 Å². The molecular formula is C25H38FIN2O4. The standard InChI is InChI=1S/C25H38FN2O4.HI/c1-24-13-11-19-5-4-6-20(25(19,32-31-24)23(29-3)30-24)12-16-28(2)17-14-27(15-18-28)22-9-7-21(26)8-10-22;/h7-10,19-20,23H,4-6,11-18H2,1-3H3;1H/q+1;/p-1/t19-,20+,23+,24-,25-;/m1./s1. The highest BCUT2D eigenvalue weighted by Crippen LogP contribution is 2.55. The number of halogens is 2. The van der Waals surface area contributed by atoms with Crippen LogP contribution >= 0.6 is 0 Å². The van der Waals surface area contributed by atoms with Gasteiger partial charge in [0.2, 0.25) is 5.79 Å². The third-order valence-corrected chi connectivity index (χ3v) is 8.66. The van der Waals surface area contributed by atoms with E-state index in [1.807, 2.05) is 19.1 Å². The van der Waals surface area contributed by atoms with Crippen LogP contribution in [0, 0.1) is 17.7 Å². The van der Waals surface area contributed by atoms with E-state index in [-0.39, 0.29) is 36.1 Å². The summed E-state index contributed by atoms with van der Waals surface area (Å²) in [6.45, 7) is 7.21. The molecule has 0 unspecified atom stereocenters. The molecule has 6 rings (SSSR count). The fourth-order valence-corrected chi connectivity index (χ4v) is 6.51. The van der Waals surface area contributed by atoms with Crippen LogP contribution in [-0.2, 0) is 19.2 Å². The highest BCUT2D eigenvalue weighted by Gasteiger charge is 2.63. The van der Waals surface area contributed by atoms with E-state index in [9.17, 15) is 4.39 Å². The maximum atomic E-state index is 13.3. The van der Waals surface area contributed by atoms with Crippen LogP contribution < -0.4 is 28.9 Å². The highest BCUT2D eigenvalue weighted by atomic mass is 127.